The number of amides is 1. The van der Waals surface area contributed by atoms with E-state index in [1.165, 1.54) is 18.2 Å². The average Bonchev–Trinajstić information content (AvgIpc) is 3.38. The standard InChI is InChI=1S/C29H28F2N6O3/c1-14-11-37-19(7-17(14)15-9-33-26(34-10-15)29(32)12-28(2,39)13-29)23-18-8-20(24(23)35-37)36(3)25(38)16-5-4-6-21(22(16)18)40-27(30)31/h4-7,9-11,18,20,27,39H,8,12-13,32H2,1-3H3/t18-,20-,28?,29?/m1/s1/i3D3. The first kappa shape index (κ1) is 21.8. The number of ether oxygens (including phenoxy) is 1. The molecule has 40 heavy (non-hydrogen) atoms. The van der Waals surface area contributed by atoms with Gasteiger partial charge < -0.3 is 20.5 Å². The minimum atomic E-state index is -3.14. The number of carbonyl (C=O) groups excluding carboxylic acids is 1. The Morgan fingerprint density at radius 3 is 2.65 bits per heavy atom. The van der Waals surface area contributed by atoms with Gasteiger partial charge in [0.15, 0.2) is 0 Å². The number of pyridine rings is 1. The van der Waals surface area contributed by atoms with Crippen LogP contribution in [0.3, 0.4) is 0 Å². The van der Waals surface area contributed by atoms with Crippen LogP contribution in [-0.2, 0) is 5.54 Å². The summed E-state index contributed by atoms with van der Waals surface area (Å²) in [6.07, 6.45) is 5.98. The van der Waals surface area contributed by atoms with E-state index in [9.17, 15) is 18.7 Å². The molecule has 2 bridgehead atoms. The summed E-state index contributed by atoms with van der Waals surface area (Å²) in [4.78, 5) is 23.5. The van der Waals surface area contributed by atoms with Crippen molar-refractivity contribution in [2.75, 3.05) is 6.98 Å². The van der Waals surface area contributed by atoms with Crippen molar-refractivity contribution in [2.24, 2.45) is 5.73 Å². The molecule has 206 valence electrons. The summed E-state index contributed by atoms with van der Waals surface area (Å²) < 4.78 is 58.0. The van der Waals surface area contributed by atoms with Gasteiger partial charge in [-0.3, -0.25) is 4.79 Å². The van der Waals surface area contributed by atoms with Crippen LogP contribution in [0, 0.1) is 6.92 Å². The predicted molar refractivity (Wildman–Crippen MR) is 141 cm³/mol. The molecule has 0 spiro atoms. The van der Waals surface area contributed by atoms with Gasteiger partial charge in [0.05, 0.1) is 28.4 Å². The zero-order valence-electron chi connectivity index (χ0n) is 24.7. The molecule has 7 rings (SSSR count). The molecule has 1 aliphatic heterocycles. The van der Waals surface area contributed by atoms with Gasteiger partial charge in [-0.1, -0.05) is 6.07 Å². The zero-order valence-corrected chi connectivity index (χ0v) is 21.7. The number of aryl methyl sites for hydroxylation is 1. The monoisotopic (exact) mass is 549 g/mol. The van der Waals surface area contributed by atoms with E-state index in [4.69, 9.17) is 19.7 Å². The van der Waals surface area contributed by atoms with Gasteiger partial charge in [0.1, 0.15) is 11.6 Å². The number of alkyl halides is 2. The van der Waals surface area contributed by atoms with Gasteiger partial charge in [-0.2, -0.15) is 13.9 Å². The van der Waals surface area contributed by atoms with Gasteiger partial charge in [-0.15, -0.1) is 0 Å². The lowest BCUT2D eigenvalue weighted by Crippen LogP contribution is -2.59. The maximum Gasteiger partial charge on any atom is 0.387 e. The van der Waals surface area contributed by atoms with Crippen LogP contribution in [0.15, 0.2) is 42.9 Å². The fourth-order valence-electron chi connectivity index (χ4n) is 6.83. The number of carbonyl (C=O) groups is 1. The number of aromatic nitrogens is 4. The zero-order chi connectivity index (χ0) is 30.6. The molecule has 1 saturated carbocycles. The number of nitrogens with two attached hydrogens (primary N) is 1. The lowest BCUT2D eigenvalue weighted by Gasteiger charge is -2.48. The smallest absolute Gasteiger partial charge is 0.387 e. The highest BCUT2D eigenvalue weighted by molar-refractivity contribution is 5.98. The van der Waals surface area contributed by atoms with Crippen LogP contribution in [0.2, 0.25) is 0 Å². The van der Waals surface area contributed by atoms with E-state index in [1.807, 2.05) is 13.0 Å². The SMILES string of the molecule is [2H]C([2H])([2H])N1C(=O)c2cccc(OC(F)F)c2[C@H]2C[C@@H]1c1nn3cc(C)c(-c4cnc(C5(N)CC(C)(O)C5)nc4)cc3c12. The van der Waals surface area contributed by atoms with Gasteiger partial charge in [-0.05, 0) is 49.6 Å². The van der Waals surface area contributed by atoms with Crippen molar-refractivity contribution in [1.82, 2.24) is 24.5 Å². The predicted octanol–water partition coefficient (Wildman–Crippen LogP) is 4.06. The second-order valence-corrected chi connectivity index (χ2v) is 11.4. The molecule has 9 nitrogen and oxygen atoms in total. The lowest BCUT2D eigenvalue weighted by atomic mass is 9.66. The third-order valence-corrected chi connectivity index (χ3v) is 8.35. The van der Waals surface area contributed by atoms with Gasteiger partial charge >= 0.3 is 6.61 Å². The molecular formula is C29H28F2N6O3. The highest BCUT2D eigenvalue weighted by Crippen LogP contribution is 2.53. The van der Waals surface area contributed by atoms with Gasteiger partial charge in [0.25, 0.3) is 5.91 Å². The van der Waals surface area contributed by atoms with Crippen molar-refractivity contribution in [3.8, 4) is 16.9 Å². The molecule has 4 heterocycles. The largest absolute Gasteiger partial charge is 0.434 e. The Kier molecular flexibility index (Phi) is 4.51. The first-order valence-electron chi connectivity index (χ1n) is 14.5. The van der Waals surface area contributed by atoms with E-state index in [0.29, 0.717) is 41.0 Å². The highest BCUT2D eigenvalue weighted by Gasteiger charge is 2.51. The van der Waals surface area contributed by atoms with E-state index < -0.39 is 42.6 Å². The van der Waals surface area contributed by atoms with Crippen LogP contribution in [0.4, 0.5) is 8.78 Å². The van der Waals surface area contributed by atoms with Crippen LogP contribution < -0.4 is 10.5 Å². The Balaban J connectivity index is 1.39. The van der Waals surface area contributed by atoms with E-state index in [1.54, 1.807) is 30.0 Å². The van der Waals surface area contributed by atoms with E-state index >= 15 is 0 Å². The Labute approximate surface area is 232 Å². The molecule has 1 fully saturated rings. The first-order chi connectivity index (χ1) is 20.2. The number of benzene rings is 1. The quantitative estimate of drug-likeness (QED) is 0.394. The molecule has 2 aliphatic carbocycles. The Bertz CT molecular complexity index is 1800. The molecule has 1 amide bonds. The molecule has 2 atom stereocenters. The molecule has 0 saturated heterocycles. The fraction of sp³-hybridized carbons (Fsp3) is 0.379. The van der Waals surface area contributed by atoms with Crippen LogP contribution in [0.25, 0.3) is 16.6 Å². The van der Waals surface area contributed by atoms with Crippen LogP contribution in [-0.4, -0.2) is 54.7 Å². The summed E-state index contributed by atoms with van der Waals surface area (Å²) in [5.74, 6) is -1.15. The molecule has 3 N–H and O–H groups in total. The normalized spacial score (nSPS) is 28.4. The molecule has 1 aromatic carbocycles. The number of nitrogens with zero attached hydrogens (tertiary/aromatic N) is 5. The summed E-state index contributed by atoms with van der Waals surface area (Å²) in [6, 6.07) is 5.20. The van der Waals surface area contributed by atoms with Gasteiger partial charge in [0, 0.05) is 70.7 Å². The van der Waals surface area contributed by atoms with Crippen molar-refractivity contribution in [3.05, 3.63) is 76.6 Å². The molecule has 0 radical (unpaired) electrons. The number of fused-ring (bicyclic) bond motifs is 9. The van der Waals surface area contributed by atoms with E-state index in [0.717, 1.165) is 16.0 Å². The summed E-state index contributed by atoms with van der Waals surface area (Å²) in [5, 5.41) is 14.9. The first-order valence-corrected chi connectivity index (χ1v) is 13.0. The molecule has 3 aliphatic rings. The summed E-state index contributed by atoms with van der Waals surface area (Å²) in [6.45, 7) is -2.34. The van der Waals surface area contributed by atoms with Gasteiger partial charge in [-0.25, -0.2) is 14.5 Å². The third kappa shape index (κ3) is 3.57. The number of hydrogen-bond donors (Lipinski definition) is 2. The molecule has 11 heteroatoms. The van der Waals surface area contributed by atoms with Crippen LogP contribution in [0.1, 0.15) is 80.8 Å². The van der Waals surface area contributed by atoms with Crippen LogP contribution in [0.5, 0.6) is 5.75 Å². The van der Waals surface area contributed by atoms with Crippen molar-refractivity contribution in [3.63, 3.8) is 0 Å². The maximum absolute atomic E-state index is 13.6. The maximum atomic E-state index is 13.6. The summed E-state index contributed by atoms with van der Waals surface area (Å²) in [5.41, 5.74) is 8.98. The lowest BCUT2D eigenvalue weighted by molar-refractivity contribution is -0.0769. The number of rotatable bonds is 4. The topological polar surface area (TPSA) is 119 Å². The minimum absolute atomic E-state index is 0.00813. The summed E-state index contributed by atoms with van der Waals surface area (Å²) in [7, 11) is 0. The molecule has 3 aromatic heterocycles. The third-order valence-electron chi connectivity index (χ3n) is 8.35. The highest BCUT2D eigenvalue weighted by atomic mass is 19.3. The van der Waals surface area contributed by atoms with E-state index in [2.05, 4.69) is 9.97 Å². The van der Waals surface area contributed by atoms with Crippen molar-refractivity contribution in [1.29, 1.82) is 0 Å². The second-order valence-electron chi connectivity index (χ2n) is 11.4. The summed E-state index contributed by atoms with van der Waals surface area (Å²) >= 11 is 0. The average molecular weight is 550 g/mol. The van der Waals surface area contributed by atoms with Crippen molar-refractivity contribution >= 4 is 11.4 Å². The number of halogens is 2. The fourth-order valence-corrected chi connectivity index (χ4v) is 6.83. The Morgan fingerprint density at radius 1 is 1.23 bits per heavy atom. The minimum Gasteiger partial charge on any atom is -0.434 e. The molecule has 0 unspecified atom stereocenters. The van der Waals surface area contributed by atoms with Crippen LogP contribution >= 0.6 is 0 Å². The molecular weight excluding hydrogens is 518 g/mol. The second kappa shape index (κ2) is 8.28. The molecule has 4 aromatic rings. The van der Waals surface area contributed by atoms with Gasteiger partial charge in [0.2, 0.25) is 0 Å². The Hall–Kier alpha value is -3.96. The van der Waals surface area contributed by atoms with Crippen molar-refractivity contribution < 1.29 is 27.5 Å². The number of hydrogen-bond acceptors (Lipinski definition) is 7. The Morgan fingerprint density at radius 2 is 1.98 bits per heavy atom. The van der Waals surface area contributed by atoms with E-state index in [-0.39, 0.29) is 23.3 Å². The van der Waals surface area contributed by atoms with Crippen molar-refractivity contribution in [2.45, 2.75) is 62.8 Å². The number of aliphatic hydroxyl groups is 1.